The number of fused-ring (bicyclic) bond motifs is 2. The van der Waals surface area contributed by atoms with Crippen LogP contribution in [0, 0.1) is 29.1 Å². The minimum absolute atomic E-state index is 0.0466. The highest BCUT2D eigenvalue weighted by atomic mass is 19.2. The van der Waals surface area contributed by atoms with E-state index in [2.05, 4.69) is 17.2 Å². The number of hydrogen-bond acceptors (Lipinski definition) is 6. The van der Waals surface area contributed by atoms with Gasteiger partial charge in [0.15, 0.2) is 23.3 Å². The van der Waals surface area contributed by atoms with Crippen molar-refractivity contribution in [2.24, 2.45) is 0 Å². The summed E-state index contributed by atoms with van der Waals surface area (Å²) in [5.74, 6) is -10.5. The summed E-state index contributed by atoms with van der Waals surface area (Å²) >= 11 is 0. The van der Waals surface area contributed by atoms with Crippen molar-refractivity contribution >= 4 is 43.4 Å². The van der Waals surface area contributed by atoms with Crippen LogP contribution in [-0.4, -0.2) is 63.1 Å². The number of carbonyl (C=O) groups is 3. The molecule has 15 heteroatoms. The van der Waals surface area contributed by atoms with Gasteiger partial charge in [-0.2, -0.15) is 0 Å². The predicted octanol–water partition coefficient (Wildman–Crippen LogP) is 3.20. The smallest absolute Gasteiger partial charge is 0.324 e. The zero-order valence-corrected chi connectivity index (χ0v) is 27.0. The molecular formula is C34H34B2F5N3O5. The number of aldehydes is 1. The standard InChI is InChI=1S/C25H24BF5N2O3.C9H10BNO2/c1-13(32-16(7-9-34)11-17-20(27)22(29)24(31)23(30)21(17)28)19-4-3-8-33(19)25(35)14-5-6-15-12-36-26(2)18(15)10-14;1-11-9(12)6-2-3-7-5-13-10-8(7)4-6/h5-6,9-10,16,19,32H,1,3-4,7-8,11-12H2,2H3;2-4,10H,5H2,1H3,(H,11,12). The number of rotatable bonds is 9. The highest BCUT2D eigenvalue weighted by molar-refractivity contribution is 6.67. The molecule has 6 rings (SSSR count). The number of likely N-dealkylation sites (tertiary alicyclic amines) is 1. The van der Waals surface area contributed by atoms with Gasteiger partial charge in [0.05, 0.1) is 19.3 Å². The third kappa shape index (κ3) is 7.57. The third-order valence-corrected chi connectivity index (χ3v) is 8.97. The molecule has 3 aromatic rings. The molecule has 49 heavy (non-hydrogen) atoms. The molecular weight excluding hydrogens is 647 g/mol. The normalized spacial score (nSPS) is 16.6. The van der Waals surface area contributed by atoms with Gasteiger partial charge in [0.2, 0.25) is 5.82 Å². The van der Waals surface area contributed by atoms with E-state index in [0.29, 0.717) is 63.2 Å². The van der Waals surface area contributed by atoms with Gasteiger partial charge < -0.3 is 29.6 Å². The lowest BCUT2D eigenvalue weighted by molar-refractivity contribution is -0.108. The molecule has 3 heterocycles. The van der Waals surface area contributed by atoms with Crippen molar-refractivity contribution in [2.75, 3.05) is 13.6 Å². The van der Waals surface area contributed by atoms with E-state index in [4.69, 9.17) is 9.31 Å². The number of nitrogens with one attached hydrogen (secondary N) is 2. The Labute approximate surface area is 281 Å². The van der Waals surface area contributed by atoms with Crippen LogP contribution in [0.1, 0.15) is 56.7 Å². The summed E-state index contributed by atoms with van der Waals surface area (Å²) in [4.78, 5) is 37.4. The molecule has 0 saturated carbocycles. The molecule has 2 N–H and O–H groups in total. The van der Waals surface area contributed by atoms with Crippen LogP contribution in [0.4, 0.5) is 22.0 Å². The van der Waals surface area contributed by atoms with E-state index in [0.717, 1.165) is 16.5 Å². The molecule has 3 aliphatic rings. The van der Waals surface area contributed by atoms with Crippen molar-refractivity contribution in [2.45, 2.75) is 57.8 Å². The number of hydrogen-bond donors (Lipinski definition) is 2. The lowest BCUT2D eigenvalue weighted by atomic mass is 9.64. The largest absolute Gasteiger partial charge is 0.430 e. The Kier molecular flexibility index (Phi) is 11.2. The Morgan fingerprint density at radius 2 is 1.69 bits per heavy atom. The first-order valence-electron chi connectivity index (χ1n) is 15.8. The highest BCUT2D eigenvalue weighted by Crippen LogP contribution is 2.27. The average molecular weight is 681 g/mol. The molecule has 1 fully saturated rings. The van der Waals surface area contributed by atoms with E-state index < -0.39 is 53.2 Å². The fourth-order valence-electron chi connectivity index (χ4n) is 6.28. The number of carbonyl (C=O) groups excluding carboxylic acids is 3. The molecule has 2 amide bonds. The van der Waals surface area contributed by atoms with Crippen LogP contribution in [-0.2, 0) is 33.7 Å². The van der Waals surface area contributed by atoms with E-state index in [-0.39, 0.29) is 25.2 Å². The first-order chi connectivity index (χ1) is 23.4. The molecule has 0 aromatic heterocycles. The van der Waals surface area contributed by atoms with Crippen LogP contribution in [0.15, 0.2) is 48.7 Å². The van der Waals surface area contributed by atoms with Gasteiger partial charge in [-0.1, -0.05) is 37.7 Å². The van der Waals surface area contributed by atoms with E-state index in [1.807, 2.05) is 31.1 Å². The van der Waals surface area contributed by atoms with Gasteiger partial charge in [-0.15, -0.1) is 0 Å². The second-order valence-electron chi connectivity index (χ2n) is 12.1. The molecule has 0 aliphatic carbocycles. The van der Waals surface area contributed by atoms with Crippen LogP contribution in [0.25, 0.3) is 0 Å². The van der Waals surface area contributed by atoms with Gasteiger partial charge in [0, 0.05) is 48.4 Å². The fraction of sp³-hybridized carbons (Fsp3) is 0.324. The number of halogens is 5. The second-order valence-corrected chi connectivity index (χ2v) is 12.1. The van der Waals surface area contributed by atoms with Crippen molar-refractivity contribution in [1.82, 2.24) is 15.5 Å². The van der Waals surface area contributed by atoms with Gasteiger partial charge in [-0.3, -0.25) is 9.59 Å². The van der Waals surface area contributed by atoms with Crippen LogP contribution in [0.3, 0.4) is 0 Å². The maximum Gasteiger partial charge on any atom is 0.324 e. The number of amides is 2. The van der Waals surface area contributed by atoms with E-state index in [1.165, 1.54) is 5.56 Å². The van der Waals surface area contributed by atoms with Gasteiger partial charge in [0.25, 0.3) is 11.8 Å². The molecule has 2 atom stereocenters. The summed E-state index contributed by atoms with van der Waals surface area (Å²) < 4.78 is 79.9. The summed E-state index contributed by atoms with van der Waals surface area (Å²) in [6.07, 6.45) is 0.785. The lowest BCUT2D eigenvalue weighted by Gasteiger charge is -2.30. The van der Waals surface area contributed by atoms with Crippen molar-refractivity contribution in [3.05, 3.63) is 106 Å². The van der Waals surface area contributed by atoms with Crippen molar-refractivity contribution < 1.29 is 45.6 Å². The Bertz CT molecular complexity index is 1770. The van der Waals surface area contributed by atoms with E-state index in [9.17, 15) is 36.3 Å². The fourth-order valence-corrected chi connectivity index (χ4v) is 6.28. The van der Waals surface area contributed by atoms with Crippen LogP contribution < -0.4 is 21.6 Å². The van der Waals surface area contributed by atoms with Crippen molar-refractivity contribution in [3.63, 3.8) is 0 Å². The highest BCUT2D eigenvalue weighted by Gasteiger charge is 2.34. The topological polar surface area (TPSA) is 97.0 Å². The van der Waals surface area contributed by atoms with Gasteiger partial charge in [-0.05, 0) is 53.4 Å². The zero-order valence-electron chi connectivity index (χ0n) is 27.0. The first kappa shape index (κ1) is 35.8. The Balaban J connectivity index is 0.000000299. The second kappa shape index (κ2) is 15.4. The Morgan fingerprint density at radius 1 is 1.02 bits per heavy atom. The number of nitrogens with zero attached hydrogens (tertiary/aromatic N) is 1. The average Bonchev–Trinajstić information content (AvgIpc) is 3.88. The van der Waals surface area contributed by atoms with Crippen LogP contribution in [0.5, 0.6) is 0 Å². The van der Waals surface area contributed by atoms with Gasteiger partial charge >= 0.3 is 14.4 Å². The molecule has 1 saturated heterocycles. The summed E-state index contributed by atoms with van der Waals surface area (Å²) in [6, 6.07) is 9.57. The minimum atomic E-state index is -2.24. The zero-order chi connectivity index (χ0) is 35.4. The quantitative estimate of drug-likeness (QED) is 0.119. The molecule has 2 unspecified atom stereocenters. The van der Waals surface area contributed by atoms with E-state index in [1.54, 1.807) is 24.1 Å². The molecule has 0 radical (unpaired) electrons. The van der Waals surface area contributed by atoms with Crippen LogP contribution >= 0.6 is 0 Å². The summed E-state index contributed by atoms with van der Waals surface area (Å²) in [5.41, 5.74) is 4.76. The summed E-state index contributed by atoms with van der Waals surface area (Å²) in [5, 5.41) is 5.48. The predicted molar refractivity (Wildman–Crippen MR) is 175 cm³/mol. The van der Waals surface area contributed by atoms with Gasteiger partial charge in [-0.25, -0.2) is 22.0 Å². The molecule has 0 spiro atoms. The Hall–Kier alpha value is -4.49. The monoisotopic (exact) mass is 681 g/mol. The van der Waals surface area contributed by atoms with Crippen molar-refractivity contribution in [1.29, 1.82) is 0 Å². The maximum atomic E-state index is 14.2. The molecule has 8 nitrogen and oxygen atoms in total. The van der Waals surface area contributed by atoms with Crippen molar-refractivity contribution in [3.8, 4) is 0 Å². The van der Waals surface area contributed by atoms with E-state index >= 15 is 0 Å². The van der Waals surface area contributed by atoms with Gasteiger partial charge in [0.1, 0.15) is 6.29 Å². The Morgan fingerprint density at radius 3 is 2.39 bits per heavy atom. The minimum Gasteiger partial charge on any atom is -0.430 e. The first-order valence-corrected chi connectivity index (χ1v) is 15.8. The van der Waals surface area contributed by atoms with Crippen LogP contribution in [0.2, 0.25) is 6.82 Å². The summed E-state index contributed by atoms with van der Waals surface area (Å²) in [6.45, 7) is 7.34. The third-order valence-electron chi connectivity index (χ3n) is 8.97. The molecule has 3 aromatic carbocycles. The maximum absolute atomic E-state index is 14.2. The summed E-state index contributed by atoms with van der Waals surface area (Å²) in [7, 11) is 2.26. The molecule has 0 bridgehead atoms. The molecule has 256 valence electrons. The lowest BCUT2D eigenvalue weighted by Crippen LogP contribution is -2.43. The SMILES string of the molecule is C=C(NC(CC=O)Cc1c(F)c(F)c(F)c(F)c1F)C1CCCN1C(=O)c1ccc2c(c1)B(C)OC2.CNC(=O)c1ccc2c(c1)BOC2. The number of benzene rings is 3. The molecule has 3 aliphatic heterocycles.